The standard InChI is InChI=1S/C10H12F2O2/c1-6(2)7-3-4-8(13)9(5-7)14-10(11)12/h3-6,10,13H,1-2H3. The van der Waals surface area contributed by atoms with Crippen molar-refractivity contribution in [2.24, 2.45) is 0 Å². The molecule has 0 aliphatic heterocycles. The minimum atomic E-state index is -2.91. The maximum atomic E-state index is 11.9. The molecule has 1 aromatic rings. The molecule has 0 saturated heterocycles. The molecule has 0 atom stereocenters. The van der Waals surface area contributed by atoms with Gasteiger partial charge < -0.3 is 9.84 Å². The molecule has 1 rings (SSSR count). The van der Waals surface area contributed by atoms with Gasteiger partial charge in [-0.3, -0.25) is 0 Å². The third kappa shape index (κ3) is 2.58. The lowest BCUT2D eigenvalue weighted by molar-refractivity contribution is -0.0513. The lowest BCUT2D eigenvalue weighted by Crippen LogP contribution is -2.02. The molecule has 0 saturated carbocycles. The summed E-state index contributed by atoms with van der Waals surface area (Å²) in [5, 5.41) is 9.21. The summed E-state index contributed by atoms with van der Waals surface area (Å²) in [6.45, 7) is 0.945. The fourth-order valence-electron chi connectivity index (χ4n) is 1.08. The number of hydrogen-bond donors (Lipinski definition) is 1. The Kier molecular flexibility index (Phi) is 3.28. The molecule has 0 aromatic heterocycles. The molecule has 0 heterocycles. The summed E-state index contributed by atoms with van der Waals surface area (Å²) in [7, 11) is 0. The van der Waals surface area contributed by atoms with Gasteiger partial charge >= 0.3 is 6.61 Å². The minimum absolute atomic E-state index is 0.175. The summed E-state index contributed by atoms with van der Waals surface area (Å²) >= 11 is 0. The molecule has 1 aromatic carbocycles. The number of aromatic hydroxyl groups is 1. The van der Waals surface area contributed by atoms with E-state index in [4.69, 9.17) is 0 Å². The van der Waals surface area contributed by atoms with Crippen molar-refractivity contribution >= 4 is 0 Å². The van der Waals surface area contributed by atoms with E-state index in [9.17, 15) is 13.9 Å². The van der Waals surface area contributed by atoms with Gasteiger partial charge in [0, 0.05) is 0 Å². The molecule has 14 heavy (non-hydrogen) atoms. The first-order valence-electron chi connectivity index (χ1n) is 4.28. The van der Waals surface area contributed by atoms with Crippen molar-refractivity contribution in [2.75, 3.05) is 0 Å². The Morgan fingerprint density at radius 2 is 1.93 bits per heavy atom. The van der Waals surface area contributed by atoms with E-state index in [1.165, 1.54) is 12.1 Å². The molecule has 0 spiro atoms. The van der Waals surface area contributed by atoms with Gasteiger partial charge in [0.05, 0.1) is 0 Å². The fraction of sp³-hybridized carbons (Fsp3) is 0.400. The topological polar surface area (TPSA) is 29.5 Å². The second-order valence-corrected chi connectivity index (χ2v) is 3.26. The smallest absolute Gasteiger partial charge is 0.387 e. The number of benzene rings is 1. The quantitative estimate of drug-likeness (QED) is 0.815. The summed E-state index contributed by atoms with van der Waals surface area (Å²) in [5.41, 5.74) is 0.846. The number of alkyl halides is 2. The van der Waals surface area contributed by atoms with E-state index >= 15 is 0 Å². The Bertz CT molecular complexity index is 311. The number of phenols is 1. The first-order valence-corrected chi connectivity index (χ1v) is 4.28. The second-order valence-electron chi connectivity index (χ2n) is 3.26. The van der Waals surface area contributed by atoms with Gasteiger partial charge in [-0.05, 0) is 23.6 Å². The first-order chi connectivity index (χ1) is 6.50. The van der Waals surface area contributed by atoms with Crippen LogP contribution in [-0.4, -0.2) is 11.7 Å². The first kappa shape index (κ1) is 10.8. The molecule has 4 heteroatoms. The zero-order chi connectivity index (χ0) is 10.7. The van der Waals surface area contributed by atoms with E-state index in [2.05, 4.69) is 4.74 Å². The van der Waals surface area contributed by atoms with Crippen molar-refractivity contribution in [1.82, 2.24) is 0 Å². The van der Waals surface area contributed by atoms with Crippen LogP contribution in [0.15, 0.2) is 18.2 Å². The fourth-order valence-corrected chi connectivity index (χ4v) is 1.08. The van der Waals surface area contributed by atoms with E-state index in [-0.39, 0.29) is 17.4 Å². The van der Waals surface area contributed by atoms with Crippen LogP contribution in [-0.2, 0) is 0 Å². The molecule has 0 bridgehead atoms. The molecule has 0 aliphatic carbocycles. The monoisotopic (exact) mass is 202 g/mol. The lowest BCUT2D eigenvalue weighted by Gasteiger charge is -2.10. The van der Waals surface area contributed by atoms with Gasteiger partial charge in [0.2, 0.25) is 0 Å². The zero-order valence-electron chi connectivity index (χ0n) is 8.00. The summed E-state index contributed by atoms with van der Waals surface area (Å²) in [6, 6.07) is 4.46. The van der Waals surface area contributed by atoms with E-state index < -0.39 is 6.61 Å². The van der Waals surface area contributed by atoms with Crippen LogP contribution >= 0.6 is 0 Å². The number of ether oxygens (including phenoxy) is 1. The molecule has 78 valence electrons. The minimum Gasteiger partial charge on any atom is -0.504 e. The maximum Gasteiger partial charge on any atom is 0.387 e. The van der Waals surface area contributed by atoms with Crippen LogP contribution in [0.2, 0.25) is 0 Å². The molecule has 2 nitrogen and oxygen atoms in total. The molecule has 1 N–H and O–H groups in total. The van der Waals surface area contributed by atoms with Gasteiger partial charge in [0.25, 0.3) is 0 Å². The van der Waals surface area contributed by atoms with E-state index in [1.54, 1.807) is 6.07 Å². The van der Waals surface area contributed by atoms with Gasteiger partial charge in [0.15, 0.2) is 11.5 Å². The van der Waals surface area contributed by atoms with E-state index in [0.29, 0.717) is 0 Å². The third-order valence-corrected chi connectivity index (χ3v) is 1.87. The van der Waals surface area contributed by atoms with Gasteiger partial charge in [-0.2, -0.15) is 8.78 Å². The predicted molar refractivity (Wildman–Crippen MR) is 48.8 cm³/mol. The molecular weight excluding hydrogens is 190 g/mol. The largest absolute Gasteiger partial charge is 0.504 e. The number of halogens is 2. The van der Waals surface area contributed by atoms with Gasteiger partial charge in [-0.1, -0.05) is 19.9 Å². The van der Waals surface area contributed by atoms with E-state index in [0.717, 1.165) is 5.56 Å². The average molecular weight is 202 g/mol. The van der Waals surface area contributed by atoms with Crippen LogP contribution in [0.25, 0.3) is 0 Å². The van der Waals surface area contributed by atoms with Crippen LogP contribution in [0.4, 0.5) is 8.78 Å². The van der Waals surface area contributed by atoms with Gasteiger partial charge in [-0.15, -0.1) is 0 Å². The number of phenolic OH excluding ortho intramolecular Hbond substituents is 1. The molecule has 0 amide bonds. The summed E-state index contributed by atoms with van der Waals surface area (Å²) in [6.07, 6.45) is 0. The average Bonchev–Trinajstić information content (AvgIpc) is 2.07. The van der Waals surface area contributed by atoms with Crippen LogP contribution in [0.5, 0.6) is 11.5 Å². The Balaban J connectivity index is 2.96. The van der Waals surface area contributed by atoms with Crippen molar-refractivity contribution < 1.29 is 18.6 Å². The number of hydrogen-bond acceptors (Lipinski definition) is 2. The molecule has 0 unspecified atom stereocenters. The molecule has 0 radical (unpaired) electrons. The van der Waals surface area contributed by atoms with Crippen LogP contribution < -0.4 is 4.74 Å². The van der Waals surface area contributed by atoms with Gasteiger partial charge in [0.1, 0.15) is 0 Å². The van der Waals surface area contributed by atoms with Crippen molar-refractivity contribution in [3.63, 3.8) is 0 Å². The van der Waals surface area contributed by atoms with Gasteiger partial charge in [-0.25, -0.2) is 0 Å². The highest BCUT2D eigenvalue weighted by atomic mass is 19.3. The highest BCUT2D eigenvalue weighted by Crippen LogP contribution is 2.30. The molecule has 0 aliphatic rings. The van der Waals surface area contributed by atoms with Crippen molar-refractivity contribution in [3.05, 3.63) is 23.8 Å². The van der Waals surface area contributed by atoms with Crippen molar-refractivity contribution in [1.29, 1.82) is 0 Å². The van der Waals surface area contributed by atoms with Crippen molar-refractivity contribution in [3.8, 4) is 11.5 Å². The Morgan fingerprint density at radius 1 is 1.29 bits per heavy atom. The zero-order valence-corrected chi connectivity index (χ0v) is 8.00. The lowest BCUT2D eigenvalue weighted by atomic mass is 10.0. The van der Waals surface area contributed by atoms with Crippen LogP contribution in [0.1, 0.15) is 25.3 Å². The highest BCUT2D eigenvalue weighted by Gasteiger charge is 2.10. The van der Waals surface area contributed by atoms with E-state index in [1.807, 2.05) is 13.8 Å². The van der Waals surface area contributed by atoms with Crippen LogP contribution in [0.3, 0.4) is 0 Å². The summed E-state index contributed by atoms with van der Waals surface area (Å²) in [5.74, 6) is -0.239. The third-order valence-electron chi connectivity index (χ3n) is 1.87. The second kappa shape index (κ2) is 4.26. The normalized spacial score (nSPS) is 11.0. The molecular formula is C10H12F2O2. The van der Waals surface area contributed by atoms with Crippen molar-refractivity contribution in [2.45, 2.75) is 26.4 Å². The summed E-state index contributed by atoms with van der Waals surface area (Å²) < 4.78 is 28.0. The SMILES string of the molecule is CC(C)c1ccc(O)c(OC(F)F)c1. The number of rotatable bonds is 3. The highest BCUT2D eigenvalue weighted by molar-refractivity contribution is 5.42. The Morgan fingerprint density at radius 3 is 2.43 bits per heavy atom. The Hall–Kier alpha value is -1.32. The van der Waals surface area contributed by atoms with Crippen LogP contribution in [0, 0.1) is 0 Å². The maximum absolute atomic E-state index is 11.9. The Labute approximate surface area is 81.1 Å². The molecule has 0 fully saturated rings. The predicted octanol–water partition coefficient (Wildman–Crippen LogP) is 3.12. The summed E-state index contributed by atoms with van der Waals surface area (Å²) in [4.78, 5) is 0.